The maximum atomic E-state index is 5.02. The summed E-state index contributed by atoms with van der Waals surface area (Å²) in [5.41, 5.74) is 5.28. The molecular weight excluding hydrogens is 567 g/mol. The summed E-state index contributed by atoms with van der Waals surface area (Å²) >= 11 is 1.86. The van der Waals surface area contributed by atoms with E-state index in [1.165, 1.54) is 47.5 Å². The first-order valence-corrected chi connectivity index (χ1v) is 15.9. The largest absolute Gasteiger partial charge is 0.208 e. The van der Waals surface area contributed by atoms with Crippen LogP contribution in [0.25, 0.3) is 87.0 Å². The minimum absolute atomic E-state index is 0.661. The summed E-state index contributed by atoms with van der Waals surface area (Å²) in [5, 5.41) is 7.49. The first-order chi connectivity index (χ1) is 22.3. The third-order valence-corrected chi connectivity index (χ3v) is 9.67. The molecule has 0 aliphatic rings. The summed E-state index contributed by atoms with van der Waals surface area (Å²) < 4.78 is 2.66. The SMILES string of the molecule is c1ccc(-c2nc(-c3ccccc3)nc(-c3ccc(-c4ccc5c(ccc6sc7ccccc7c65)c4)c4ccccc34)n2)cc1. The molecule has 45 heavy (non-hydrogen) atoms. The van der Waals surface area contributed by atoms with Gasteiger partial charge in [-0.05, 0) is 56.9 Å². The van der Waals surface area contributed by atoms with Gasteiger partial charge < -0.3 is 0 Å². The van der Waals surface area contributed by atoms with Crippen LogP contribution in [0, 0.1) is 0 Å². The number of nitrogens with zero attached hydrogens (tertiary/aromatic N) is 3. The highest BCUT2D eigenvalue weighted by Crippen LogP contribution is 2.41. The van der Waals surface area contributed by atoms with Crippen molar-refractivity contribution in [2.24, 2.45) is 0 Å². The van der Waals surface area contributed by atoms with E-state index >= 15 is 0 Å². The lowest BCUT2D eigenvalue weighted by Crippen LogP contribution is -2.00. The van der Waals surface area contributed by atoms with E-state index in [1.807, 2.05) is 72.0 Å². The number of aromatic nitrogens is 3. The van der Waals surface area contributed by atoms with Crippen molar-refractivity contribution in [2.45, 2.75) is 0 Å². The number of rotatable bonds is 4. The van der Waals surface area contributed by atoms with E-state index in [0.717, 1.165) is 22.1 Å². The summed E-state index contributed by atoms with van der Waals surface area (Å²) in [7, 11) is 0. The van der Waals surface area contributed by atoms with Crippen LogP contribution in [0.5, 0.6) is 0 Å². The summed E-state index contributed by atoms with van der Waals surface area (Å²) in [6, 6.07) is 53.3. The highest BCUT2D eigenvalue weighted by molar-refractivity contribution is 7.26. The summed E-state index contributed by atoms with van der Waals surface area (Å²) in [6.07, 6.45) is 0. The smallest absolute Gasteiger partial charge is 0.164 e. The maximum absolute atomic E-state index is 5.02. The fourth-order valence-corrected chi connectivity index (χ4v) is 7.52. The molecule has 7 aromatic carbocycles. The first-order valence-electron chi connectivity index (χ1n) is 15.0. The van der Waals surface area contributed by atoms with Gasteiger partial charge in [0.25, 0.3) is 0 Å². The Kier molecular flexibility index (Phi) is 6.00. The van der Waals surface area contributed by atoms with Gasteiger partial charge >= 0.3 is 0 Å². The Labute approximate surface area is 264 Å². The van der Waals surface area contributed by atoms with Gasteiger partial charge in [-0.1, -0.05) is 127 Å². The van der Waals surface area contributed by atoms with E-state index in [9.17, 15) is 0 Å². The van der Waals surface area contributed by atoms with Crippen LogP contribution in [0.3, 0.4) is 0 Å². The molecule has 0 saturated carbocycles. The Morgan fingerprint density at radius 1 is 0.356 bits per heavy atom. The quantitative estimate of drug-likeness (QED) is 0.204. The highest BCUT2D eigenvalue weighted by atomic mass is 32.1. The van der Waals surface area contributed by atoms with Gasteiger partial charge in [0, 0.05) is 36.9 Å². The van der Waals surface area contributed by atoms with Gasteiger partial charge in [-0.3, -0.25) is 0 Å². The van der Waals surface area contributed by atoms with Crippen molar-refractivity contribution < 1.29 is 0 Å². The van der Waals surface area contributed by atoms with E-state index in [2.05, 4.69) is 91.0 Å². The Morgan fingerprint density at radius 2 is 0.933 bits per heavy atom. The molecule has 2 aromatic heterocycles. The Morgan fingerprint density at radius 3 is 1.64 bits per heavy atom. The van der Waals surface area contributed by atoms with Crippen LogP contribution in [0.15, 0.2) is 152 Å². The van der Waals surface area contributed by atoms with Crippen molar-refractivity contribution >= 4 is 53.1 Å². The fourth-order valence-electron chi connectivity index (χ4n) is 6.40. The maximum Gasteiger partial charge on any atom is 0.164 e. The van der Waals surface area contributed by atoms with E-state index in [1.54, 1.807) is 0 Å². The second kappa shape index (κ2) is 10.5. The molecule has 0 radical (unpaired) electrons. The number of fused-ring (bicyclic) bond motifs is 6. The molecule has 2 heterocycles. The zero-order valence-electron chi connectivity index (χ0n) is 24.2. The lowest BCUT2D eigenvalue weighted by molar-refractivity contribution is 1.08. The van der Waals surface area contributed by atoms with E-state index in [-0.39, 0.29) is 0 Å². The average Bonchev–Trinajstić information content (AvgIpc) is 3.51. The number of hydrogen-bond acceptors (Lipinski definition) is 4. The predicted molar refractivity (Wildman–Crippen MR) is 189 cm³/mol. The lowest BCUT2D eigenvalue weighted by atomic mass is 9.93. The topological polar surface area (TPSA) is 38.7 Å². The lowest BCUT2D eigenvalue weighted by Gasteiger charge is -2.13. The van der Waals surface area contributed by atoms with Gasteiger partial charge in [-0.2, -0.15) is 0 Å². The van der Waals surface area contributed by atoms with Crippen LogP contribution >= 0.6 is 11.3 Å². The second-order valence-corrected chi connectivity index (χ2v) is 12.3. The molecule has 0 unspecified atom stereocenters. The molecular formula is C41H25N3S. The molecule has 0 fully saturated rings. The van der Waals surface area contributed by atoms with Gasteiger partial charge in [0.05, 0.1) is 0 Å². The monoisotopic (exact) mass is 591 g/mol. The van der Waals surface area contributed by atoms with Crippen molar-refractivity contribution in [1.29, 1.82) is 0 Å². The Bertz CT molecular complexity index is 2480. The highest BCUT2D eigenvalue weighted by Gasteiger charge is 2.16. The summed E-state index contributed by atoms with van der Waals surface area (Å²) in [5.74, 6) is 1.99. The minimum Gasteiger partial charge on any atom is -0.208 e. The normalized spacial score (nSPS) is 11.6. The number of hydrogen-bond donors (Lipinski definition) is 0. The first kappa shape index (κ1) is 25.8. The molecule has 0 aliphatic heterocycles. The van der Waals surface area contributed by atoms with Crippen molar-refractivity contribution in [2.75, 3.05) is 0 Å². The van der Waals surface area contributed by atoms with Crippen LogP contribution in [0.2, 0.25) is 0 Å². The molecule has 3 nitrogen and oxygen atoms in total. The van der Waals surface area contributed by atoms with Crippen molar-refractivity contribution in [3.63, 3.8) is 0 Å². The summed E-state index contributed by atoms with van der Waals surface area (Å²) in [4.78, 5) is 14.9. The molecule has 9 rings (SSSR count). The van der Waals surface area contributed by atoms with Crippen molar-refractivity contribution in [3.8, 4) is 45.3 Å². The van der Waals surface area contributed by atoms with Crippen molar-refractivity contribution in [3.05, 3.63) is 152 Å². The molecule has 0 atom stereocenters. The van der Waals surface area contributed by atoms with Gasteiger partial charge in [0.1, 0.15) is 0 Å². The fraction of sp³-hybridized carbons (Fsp3) is 0. The number of benzene rings is 7. The van der Waals surface area contributed by atoms with Crippen LogP contribution in [0.1, 0.15) is 0 Å². The molecule has 0 aliphatic carbocycles. The predicted octanol–water partition coefficient (Wildman–Crippen LogP) is 11.2. The van der Waals surface area contributed by atoms with Gasteiger partial charge in [-0.15, -0.1) is 11.3 Å². The van der Waals surface area contributed by atoms with E-state index < -0.39 is 0 Å². The molecule has 4 heteroatoms. The second-order valence-electron chi connectivity index (χ2n) is 11.2. The van der Waals surface area contributed by atoms with Crippen LogP contribution < -0.4 is 0 Å². The third kappa shape index (κ3) is 4.38. The molecule has 0 bridgehead atoms. The van der Waals surface area contributed by atoms with E-state index in [0.29, 0.717) is 17.5 Å². The standard InChI is InChI=1S/C41H25N3S/c1-3-11-26(12-4-1)39-42-40(27-13-5-2-6-14-27)44-41(43-39)34-23-22-30(32-15-7-8-16-33(32)34)28-19-21-31-29(25-28)20-24-37-38(31)35-17-9-10-18-36(35)45-37/h1-25H. The Hall–Kier alpha value is -5.71. The van der Waals surface area contributed by atoms with Crippen LogP contribution in [-0.4, -0.2) is 15.0 Å². The molecule has 0 spiro atoms. The molecule has 0 amide bonds. The Balaban J connectivity index is 1.22. The van der Waals surface area contributed by atoms with Crippen LogP contribution in [-0.2, 0) is 0 Å². The molecule has 9 aromatic rings. The van der Waals surface area contributed by atoms with Crippen molar-refractivity contribution in [1.82, 2.24) is 15.0 Å². The molecule has 0 saturated heterocycles. The molecule has 210 valence electrons. The minimum atomic E-state index is 0.661. The number of thiophene rings is 1. The van der Waals surface area contributed by atoms with Gasteiger partial charge in [0.15, 0.2) is 17.5 Å². The van der Waals surface area contributed by atoms with Gasteiger partial charge in [0.2, 0.25) is 0 Å². The zero-order valence-corrected chi connectivity index (χ0v) is 25.0. The van der Waals surface area contributed by atoms with Gasteiger partial charge in [-0.25, -0.2) is 15.0 Å². The van der Waals surface area contributed by atoms with Crippen LogP contribution in [0.4, 0.5) is 0 Å². The molecule has 0 N–H and O–H groups in total. The van der Waals surface area contributed by atoms with E-state index in [4.69, 9.17) is 15.0 Å². The summed E-state index contributed by atoms with van der Waals surface area (Å²) in [6.45, 7) is 0. The zero-order chi connectivity index (χ0) is 29.7. The third-order valence-electron chi connectivity index (χ3n) is 8.53. The average molecular weight is 592 g/mol.